The first-order chi connectivity index (χ1) is 8.26. The largest absolute Gasteiger partial charge is 0.480 e. The van der Waals surface area contributed by atoms with Gasteiger partial charge in [-0.25, -0.2) is 0 Å². The molecule has 0 aromatic heterocycles. The van der Waals surface area contributed by atoms with Gasteiger partial charge in [-0.05, 0) is 32.2 Å². The monoisotopic (exact) mass is 242 g/mol. The molecule has 0 aromatic rings. The molecule has 0 amide bonds. The molecule has 0 spiro atoms. The molecule has 0 bridgehead atoms. The van der Waals surface area contributed by atoms with Crippen LogP contribution in [0.25, 0.3) is 0 Å². The maximum absolute atomic E-state index is 11.7. The van der Waals surface area contributed by atoms with Crippen LogP contribution in [0.3, 0.4) is 0 Å². The smallest absolute Gasteiger partial charge is 0.324 e. The van der Waals surface area contributed by atoms with Crippen LogP contribution in [0.1, 0.15) is 25.7 Å². The van der Waals surface area contributed by atoms with Gasteiger partial charge in [0.2, 0.25) is 0 Å². The van der Waals surface area contributed by atoms with Crippen LogP contribution in [0.2, 0.25) is 0 Å². The van der Waals surface area contributed by atoms with Crippen LogP contribution >= 0.6 is 0 Å². The number of hydrogen-bond acceptors (Lipinski definition) is 4. The number of carboxylic acids is 1. The highest BCUT2D eigenvalue weighted by Crippen LogP contribution is 2.29. The predicted molar refractivity (Wildman–Crippen MR) is 64.1 cm³/mol. The highest BCUT2D eigenvalue weighted by atomic mass is 16.5. The van der Waals surface area contributed by atoms with Crippen molar-refractivity contribution in [3.63, 3.8) is 0 Å². The van der Waals surface area contributed by atoms with Crippen molar-refractivity contribution in [3.8, 4) is 0 Å². The molecular formula is C12H22N2O3. The molecule has 5 nitrogen and oxygen atoms in total. The Hall–Kier alpha value is -0.650. The quantitative estimate of drug-likeness (QED) is 0.729. The van der Waals surface area contributed by atoms with Gasteiger partial charge in [-0.2, -0.15) is 0 Å². The predicted octanol–water partition coefficient (Wildman–Crippen LogP) is 0.306. The molecule has 2 rings (SSSR count). The van der Waals surface area contributed by atoms with E-state index in [9.17, 15) is 9.90 Å². The van der Waals surface area contributed by atoms with Crippen molar-refractivity contribution in [2.75, 3.05) is 39.4 Å². The number of hydrogen-bond donors (Lipinski definition) is 2. The van der Waals surface area contributed by atoms with Gasteiger partial charge in [0.05, 0.1) is 0 Å². The van der Waals surface area contributed by atoms with Gasteiger partial charge >= 0.3 is 5.97 Å². The Bertz CT molecular complexity index is 254. The number of rotatable bonds is 2. The average molecular weight is 242 g/mol. The van der Waals surface area contributed by atoms with E-state index in [0.717, 1.165) is 39.0 Å². The summed E-state index contributed by atoms with van der Waals surface area (Å²) in [4.78, 5) is 13.9. The van der Waals surface area contributed by atoms with E-state index in [0.29, 0.717) is 26.1 Å². The fourth-order valence-electron chi connectivity index (χ4n) is 2.87. The lowest BCUT2D eigenvalue weighted by molar-refractivity contribution is -0.153. The van der Waals surface area contributed by atoms with Crippen molar-refractivity contribution < 1.29 is 14.6 Å². The number of carbonyl (C=O) groups is 1. The van der Waals surface area contributed by atoms with E-state index in [1.54, 1.807) is 0 Å². The third-order valence-corrected chi connectivity index (χ3v) is 3.88. The van der Waals surface area contributed by atoms with Crippen molar-refractivity contribution in [2.45, 2.75) is 31.2 Å². The number of nitrogens with one attached hydrogen (secondary N) is 1. The second kappa shape index (κ2) is 5.80. The zero-order valence-corrected chi connectivity index (χ0v) is 10.3. The van der Waals surface area contributed by atoms with Crippen molar-refractivity contribution in [1.29, 1.82) is 0 Å². The molecule has 2 heterocycles. The Morgan fingerprint density at radius 2 is 2.06 bits per heavy atom. The highest BCUT2D eigenvalue weighted by molar-refractivity contribution is 5.78. The molecule has 2 saturated heterocycles. The van der Waals surface area contributed by atoms with Gasteiger partial charge in [0.25, 0.3) is 0 Å². The normalized spacial score (nSPS) is 32.7. The fraction of sp³-hybridized carbons (Fsp3) is 0.917. The molecule has 1 atom stereocenters. The second-order valence-corrected chi connectivity index (χ2v) is 4.89. The lowest BCUT2D eigenvalue weighted by Gasteiger charge is -2.39. The zero-order valence-electron chi connectivity index (χ0n) is 10.3. The Balaban J connectivity index is 2.15. The Labute approximate surface area is 102 Å². The lowest BCUT2D eigenvalue weighted by Crippen LogP contribution is -2.56. The van der Waals surface area contributed by atoms with E-state index in [1.165, 1.54) is 0 Å². The first-order valence-corrected chi connectivity index (χ1v) is 6.53. The molecule has 2 aliphatic rings. The van der Waals surface area contributed by atoms with Gasteiger partial charge in [-0.3, -0.25) is 9.69 Å². The molecule has 2 aliphatic heterocycles. The second-order valence-electron chi connectivity index (χ2n) is 4.89. The van der Waals surface area contributed by atoms with Crippen molar-refractivity contribution in [1.82, 2.24) is 10.2 Å². The third kappa shape index (κ3) is 2.78. The molecule has 2 fully saturated rings. The summed E-state index contributed by atoms with van der Waals surface area (Å²) in [6, 6.07) is 0. The Morgan fingerprint density at radius 1 is 1.18 bits per heavy atom. The summed E-state index contributed by atoms with van der Waals surface area (Å²) in [5, 5.41) is 13.0. The summed E-state index contributed by atoms with van der Waals surface area (Å²) in [7, 11) is 0. The van der Waals surface area contributed by atoms with Crippen LogP contribution in [0.15, 0.2) is 0 Å². The van der Waals surface area contributed by atoms with Gasteiger partial charge in [-0.15, -0.1) is 0 Å². The van der Waals surface area contributed by atoms with E-state index < -0.39 is 11.5 Å². The fourth-order valence-corrected chi connectivity index (χ4v) is 2.87. The van der Waals surface area contributed by atoms with Crippen LogP contribution in [-0.4, -0.2) is 60.9 Å². The van der Waals surface area contributed by atoms with E-state index in [1.807, 2.05) is 0 Å². The van der Waals surface area contributed by atoms with Crippen molar-refractivity contribution >= 4 is 5.97 Å². The molecule has 0 aromatic carbocycles. The van der Waals surface area contributed by atoms with Crippen molar-refractivity contribution in [2.24, 2.45) is 0 Å². The van der Waals surface area contributed by atoms with E-state index in [-0.39, 0.29) is 0 Å². The van der Waals surface area contributed by atoms with Gasteiger partial charge < -0.3 is 15.2 Å². The van der Waals surface area contributed by atoms with Crippen molar-refractivity contribution in [3.05, 3.63) is 0 Å². The van der Waals surface area contributed by atoms with Crippen LogP contribution in [-0.2, 0) is 9.53 Å². The minimum absolute atomic E-state index is 0.566. The maximum atomic E-state index is 11.7. The topological polar surface area (TPSA) is 61.8 Å². The number of nitrogens with zero attached hydrogens (tertiary/aromatic N) is 1. The minimum Gasteiger partial charge on any atom is -0.480 e. The first kappa shape index (κ1) is 12.8. The average Bonchev–Trinajstić information content (AvgIpc) is 2.72. The number of carboxylic acid groups (broad SMARTS) is 1. The van der Waals surface area contributed by atoms with Crippen LogP contribution in [0, 0.1) is 0 Å². The first-order valence-electron chi connectivity index (χ1n) is 6.53. The molecule has 0 saturated carbocycles. The molecule has 98 valence electrons. The summed E-state index contributed by atoms with van der Waals surface area (Å²) in [6.45, 7) is 4.83. The zero-order chi connectivity index (χ0) is 12.1. The summed E-state index contributed by atoms with van der Waals surface area (Å²) in [6.07, 6.45) is 3.19. The van der Waals surface area contributed by atoms with E-state index in [4.69, 9.17) is 4.74 Å². The lowest BCUT2D eigenvalue weighted by atomic mass is 9.88. The van der Waals surface area contributed by atoms with Gasteiger partial charge in [0.1, 0.15) is 5.54 Å². The summed E-state index contributed by atoms with van der Waals surface area (Å²) < 4.78 is 5.42. The molecule has 2 N–H and O–H groups in total. The Morgan fingerprint density at radius 3 is 2.88 bits per heavy atom. The van der Waals surface area contributed by atoms with Crippen LogP contribution in [0.5, 0.6) is 0 Å². The summed E-state index contributed by atoms with van der Waals surface area (Å²) in [5.41, 5.74) is -0.692. The number of ether oxygens (including phenoxy) is 1. The SMILES string of the molecule is O=C(O)C1(N2CCCNCC2)CCCOCC1. The minimum atomic E-state index is -0.692. The Kier molecular flexibility index (Phi) is 4.36. The van der Waals surface area contributed by atoms with Crippen LogP contribution < -0.4 is 5.32 Å². The molecule has 17 heavy (non-hydrogen) atoms. The molecule has 5 heteroatoms. The van der Waals surface area contributed by atoms with E-state index in [2.05, 4.69) is 10.2 Å². The third-order valence-electron chi connectivity index (χ3n) is 3.88. The summed E-state index contributed by atoms with van der Waals surface area (Å²) >= 11 is 0. The van der Waals surface area contributed by atoms with Gasteiger partial charge in [0.15, 0.2) is 0 Å². The molecular weight excluding hydrogens is 220 g/mol. The number of aliphatic carboxylic acids is 1. The van der Waals surface area contributed by atoms with E-state index >= 15 is 0 Å². The van der Waals surface area contributed by atoms with Gasteiger partial charge in [0, 0.05) is 32.8 Å². The standard InChI is InChI=1S/C12H22N2O3/c15-11(16)12(3-1-9-17-10-4-12)14-7-2-5-13-6-8-14/h13H,1-10H2,(H,15,16). The van der Waals surface area contributed by atoms with Crippen LogP contribution in [0.4, 0.5) is 0 Å². The molecule has 1 unspecified atom stereocenters. The summed E-state index contributed by atoms with van der Waals surface area (Å²) in [5.74, 6) is -0.676. The maximum Gasteiger partial charge on any atom is 0.324 e. The highest BCUT2D eigenvalue weighted by Gasteiger charge is 2.44. The molecule has 0 radical (unpaired) electrons. The van der Waals surface area contributed by atoms with Gasteiger partial charge in [-0.1, -0.05) is 0 Å². The molecule has 0 aliphatic carbocycles.